The maximum absolute atomic E-state index is 2.47. The number of hydrogen-bond acceptors (Lipinski definition) is 0. The maximum Gasteiger partial charge on any atom is -0.0131 e. The first-order chi connectivity index (χ1) is 5.84. The van der Waals surface area contributed by atoms with Crippen molar-refractivity contribution < 1.29 is 0 Å². The van der Waals surface area contributed by atoms with Crippen LogP contribution in [-0.4, -0.2) is 0 Å². The third-order valence-electron chi connectivity index (χ3n) is 3.39. The summed E-state index contributed by atoms with van der Waals surface area (Å²) in [5.74, 6) is 2.33. The Kier molecular flexibility index (Phi) is 2.89. The quantitative estimate of drug-likeness (QED) is 0.529. The Labute approximate surface area is 83.4 Å². The van der Waals surface area contributed by atoms with Crippen molar-refractivity contribution in [2.45, 2.75) is 48.0 Å². The van der Waals surface area contributed by atoms with Crippen LogP contribution >= 0.6 is 0 Å². The van der Waals surface area contributed by atoms with E-state index in [1.54, 1.807) is 5.57 Å². The molecule has 0 saturated carbocycles. The van der Waals surface area contributed by atoms with Crippen molar-refractivity contribution in [3.63, 3.8) is 0 Å². The van der Waals surface area contributed by atoms with Gasteiger partial charge in [0, 0.05) is 0 Å². The lowest BCUT2D eigenvalue weighted by atomic mass is 9.62. The Hall–Kier alpha value is -0.260. The molecule has 0 nitrogen and oxygen atoms in total. The smallest absolute Gasteiger partial charge is 0.0131 e. The molecule has 0 saturated heterocycles. The average Bonchev–Trinajstić information content (AvgIpc) is 1.78. The summed E-state index contributed by atoms with van der Waals surface area (Å²) in [7, 11) is 0. The van der Waals surface area contributed by atoms with Crippen LogP contribution in [0, 0.1) is 23.2 Å². The molecule has 0 aromatic heterocycles. The van der Waals surface area contributed by atoms with E-state index in [9.17, 15) is 0 Å². The Morgan fingerprint density at radius 2 is 1.92 bits per heavy atom. The van der Waals surface area contributed by atoms with Gasteiger partial charge in [-0.1, -0.05) is 46.3 Å². The highest BCUT2D eigenvalue weighted by molar-refractivity contribution is 5.14. The van der Waals surface area contributed by atoms with Crippen molar-refractivity contribution in [3.05, 3.63) is 11.6 Å². The van der Waals surface area contributed by atoms with Gasteiger partial charge in [-0.25, -0.2) is 0 Å². The van der Waals surface area contributed by atoms with Gasteiger partial charge in [0.25, 0.3) is 0 Å². The van der Waals surface area contributed by atoms with Crippen LogP contribution in [0.5, 0.6) is 0 Å². The highest BCUT2D eigenvalue weighted by atomic mass is 14.4. The molecule has 1 aliphatic carbocycles. The topological polar surface area (TPSA) is 0 Å². The Morgan fingerprint density at radius 3 is 2.31 bits per heavy atom. The molecule has 0 aliphatic heterocycles. The lowest BCUT2D eigenvalue weighted by molar-refractivity contribution is 0.146. The molecular formula is C13H24. The first kappa shape index (κ1) is 10.8. The average molecular weight is 180 g/mol. The van der Waals surface area contributed by atoms with Crippen molar-refractivity contribution in [2.24, 2.45) is 23.2 Å². The number of rotatable bonds is 1. The van der Waals surface area contributed by atoms with Gasteiger partial charge in [0.05, 0.1) is 0 Å². The van der Waals surface area contributed by atoms with E-state index in [1.807, 2.05) is 0 Å². The summed E-state index contributed by atoms with van der Waals surface area (Å²) in [5.41, 5.74) is 2.10. The van der Waals surface area contributed by atoms with Crippen LogP contribution in [0.1, 0.15) is 48.0 Å². The summed E-state index contributed by atoms with van der Waals surface area (Å²) >= 11 is 0. The second kappa shape index (κ2) is 3.48. The van der Waals surface area contributed by atoms with E-state index >= 15 is 0 Å². The molecule has 0 bridgehead atoms. The minimum absolute atomic E-state index is 0.492. The van der Waals surface area contributed by atoms with Crippen LogP contribution in [0.15, 0.2) is 11.6 Å². The minimum atomic E-state index is 0.492. The van der Waals surface area contributed by atoms with Gasteiger partial charge in [-0.05, 0) is 36.5 Å². The van der Waals surface area contributed by atoms with E-state index < -0.39 is 0 Å². The third kappa shape index (κ3) is 2.15. The molecule has 0 heterocycles. The summed E-state index contributed by atoms with van der Waals surface area (Å²) in [5, 5.41) is 0. The van der Waals surface area contributed by atoms with Crippen LogP contribution in [0.2, 0.25) is 0 Å². The third-order valence-corrected chi connectivity index (χ3v) is 3.39. The summed E-state index contributed by atoms with van der Waals surface area (Å²) in [6, 6.07) is 0. The van der Waals surface area contributed by atoms with Crippen molar-refractivity contribution in [3.8, 4) is 0 Å². The van der Waals surface area contributed by atoms with Crippen molar-refractivity contribution in [1.29, 1.82) is 0 Å². The molecule has 2 unspecified atom stereocenters. The fourth-order valence-corrected chi connectivity index (χ4v) is 3.61. The predicted molar refractivity (Wildman–Crippen MR) is 59.6 cm³/mol. The summed E-state index contributed by atoms with van der Waals surface area (Å²) in [4.78, 5) is 0. The van der Waals surface area contributed by atoms with Gasteiger partial charge < -0.3 is 0 Å². The van der Waals surface area contributed by atoms with Crippen LogP contribution in [0.4, 0.5) is 0 Å². The van der Waals surface area contributed by atoms with Gasteiger partial charge in [-0.15, -0.1) is 0 Å². The zero-order valence-electron chi connectivity index (χ0n) is 10.0. The van der Waals surface area contributed by atoms with Crippen molar-refractivity contribution in [2.75, 3.05) is 0 Å². The van der Waals surface area contributed by atoms with Gasteiger partial charge in [0.15, 0.2) is 0 Å². The largest absolute Gasteiger partial charge is 0.0824 e. The fraction of sp³-hybridized carbons (Fsp3) is 0.846. The molecule has 0 aromatic carbocycles. The van der Waals surface area contributed by atoms with Crippen molar-refractivity contribution >= 4 is 0 Å². The number of allylic oxidation sites excluding steroid dienone is 2. The van der Waals surface area contributed by atoms with E-state index in [-0.39, 0.29) is 0 Å². The highest BCUT2D eigenvalue weighted by Gasteiger charge is 2.36. The summed E-state index contributed by atoms with van der Waals surface area (Å²) in [6.45, 7) is 14.2. The lowest BCUT2D eigenvalue weighted by Gasteiger charge is -2.43. The van der Waals surface area contributed by atoms with E-state index in [0.717, 1.165) is 17.8 Å². The molecule has 1 rings (SSSR count). The maximum atomic E-state index is 2.47. The molecule has 1 aliphatic rings. The molecule has 0 amide bonds. The SMILES string of the molecule is CC1=CC(C)CC(C)(C)C1C(C)C. The molecule has 0 aromatic rings. The zero-order chi connectivity index (χ0) is 10.2. The molecule has 13 heavy (non-hydrogen) atoms. The van der Waals surface area contributed by atoms with E-state index in [2.05, 4.69) is 47.6 Å². The van der Waals surface area contributed by atoms with Gasteiger partial charge in [-0.2, -0.15) is 0 Å². The normalized spacial score (nSPS) is 33.3. The summed E-state index contributed by atoms with van der Waals surface area (Å²) in [6.07, 6.45) is 3.81. The van der Waals surface area contributed by atoms with Crippen molar-refractivity contribution in [1.82, 2.24) is 0 Å². The Morgan fingerprint density at radius 1 is 1.38 bits per heavy atom. The lowest BCUT2D eigenvalue weighted by Crippen LogP contribution is -2.34. The predicted octanol–water partition coefficient (Wildman–Crippen LogP) is 4.27. The zero-order valence-corrected chi connectivity index (χ0v) is 10.0. The summed E-state index contributed by atoms with van der Waals surface area (Å²) < 4.78 is 0. The van der Waals surface area contributed by atoms with Crippen LogP contribution < -0.4 is 0 Å². The van der Waals surface area contributed by atoms with Gasteiger partial charge >= 0.3 is 0 Å². The molecule has 0 heteroatoms. The standard InChI is InChI=1S/C13H24/c1-9(2)12-11(4)7-10(3)8-13(12,5)6/h7,9-10,12H,8H2,1-6H3. The first-order valence-corrected chi connectivity index (χ1v) is 5.53. The van der Waals surface area contributed by atoms with E-state index in [4.69, 9.17) is 0 Å². The van der Waals surface area contributed by atoms with Gasteiger partial charge in [0.2, 0.25) is 0 Å². The van der Waals surface area contributed by atoms with E-state index in [1.165, 1.54) is 6.42 Å². The fourth-order valence-electron chi connectivity index (χ4n) is 3.61. The second-order valence-corrected chi connectivity index (χ2v) is 5.80. The minimum Gasteiger partial charge on any atom is -0.0824 e. The van der Waals surface area contributed by atoms with E-state index in [0.29, 0.717) is 5.41 Å². The molecule has 0 radical (unpaired) electrons. The second-order valence-electron chi connectivity index (χ2n) is 5.80. The monoisotopic (exact) mass is 180 g/mol. The molecule has 2 atom stereocenters. The molecule has 0 fully saturated rings. The highest BCUT2D eigenvalue weighted by Crippen LogP contribution is 2.46. The van der Waals surface area contributed by atoms with Crippen LogP contribution in [0.3, 0.4) is 0 Å². The van der Waals surface area contributed by atoms with Crippen LogP contribution in [-0.2, 0) is 0 Å². The molecule has 0 N–H and O–H groups in total. The molecule has 0 spiro atoms. The van der Waals surface area contributed by atoms with Gasteiger partial charge in [-0.3, -0.25) is 0 Å². The molecule has 76 valence electrons. The first-order valence-electron chi connectivity index (χ1n) is 5.53. The Bertz CT molecular complexity index is 208. The van der Waals surface area contributed by atoms with Gasteiger partial charge in [0.1, 0.15) is 0 Å². The Balaban J connectivity index is 2.96. The number of hydrogen-bond donors (Lipinski definition) is 0. The molecular weight excluding hydrogens is 156 g/mol. The van der Waals surface area contributed by atoms with Crippen LogP contribution in [0.25, 0.3) is 0 Å².